The van der Waals surface area contributed by atoms with Gasteiger partial charge in [0.05, 0.1) is 11.3 Å². The van der Waals surface area contributed by atoms with E-state index in [1.165, 1.54) is 0 Å². The van der Waals surface area contributed by atoms with E-state index < -0.39 is 0 Å². The maximum absolute atomic E-state index is 12.4. The predicted molar refractivity (Wildman–Crippen MR) is 93.3 cm³/mol. The monoisotopic (exact) mass is 322 g/mol. The van der Waals surface area contributed by atoms with E-state index in [4.69, 9.17) is 4.42 Å². The zero-order valence-electron chi connectivity index (χ0n) is 13.5. The second-order valence-corrected chi connectivity index (χ2v) is 5.90. The quantitative estimate of drug-likeness (QED) is 0.727. The molecule has 4 rings (SSSR count). The van der Waals surface area contributed by atoms with Crippen LogP contribution in [0.3, 0.4) is 0 Å². The molecular formula is C18H18N4O2. The molecule has 2 aromatic heterocycles. The van der Waals surface area contributed by atoms with Crippen LogP contribution in [0.2, 0.25) is 0 Å². The molecule has 0 saturated carbocycles. The summed E-state index contributed by atoms with van der Waals surface area (Å²) in [6.45, 7) is 5.63. The van der Waals surface area contributed by atoms with Crippen molar-refractivity contribution in [2.75, 3.05) is 31.1 Å². The van der Waals surface area contributed by atoms with Gasteiger partial charge in [0.15, 0.2) is 0 Å². The van der Waals surface area contributed by atoms with Crippen LogP contribution in [0.15, 0.2) is 45.7 Å². The minimum Gasteiger partial charge on any atom is -0.422 e. The largest absolute Gasteiger partial charge is 0.422 e. The van der Waals surface area contributed by atoms with Gasteiger partial charge in [0, 0.05) is 49.5 Å². The molecule has 0 unspecified atom stereocenters. The smallest absolute Gasteiger partial charge is 0.345 e. The van der Waals surface area contributed by atoms with Gasteiger partial charge in [-0.2, -0.15) is 0 Å². The average molecular weight is 322 g/mol. The maximum atomic E-state index is 12.4. The summed E-state index contributed by atoms with van der Waals surface area (Å²) < 4.78 is 5.56. The van der Waals surface area contributed by atoms with Crippen LogP contribution in [0.4, 0.5) is 5.69 Å². The zero-order valence-corrected chi connectivity index (χ0v) is 13.5. The van der Waals surface area contributed by atoms with Crippen LogP contribution in [0.5, 0.6) is 0 Å². The van der Waals surface area contributed by atoms with Gasteiger partial charge in [0.1, 0.15) is 11.4 Å². The standard InChI is InChI=1S/C18H18N4O2/c1-12-20-5-4-16(21-12)15-10-13-2-3-14(11-17(13)24-18(15)23)22-8-6-19-7-9-22/h2-5,10-11,19H,6-9H2,1H3. The van der Waals surface area contributed by atoms with E-state index in [0.29, 0.717) is 22.7 Å². The van der Waals surface area contributed by atoms with Gasteiger partial charge in [-0.3, -0.25) is 0 Å². The fraction of sp³-hybridized carbons (Fsp3) is 0.278. The topological polar surface area (TPSA) is 71.3 Å². The van der Waals surface area contributed by atoms with Crippen molar-refractivity contribution in [2.24, 2.45) is 0 Å². The molecule has 0 aliphatic carbocycles. The van der Waals surface area contributed by atoms with Crippen LogP contribution < -0.4 is 15.8 Å². The highest BCUT2D eigenvalue weighted by molar-refractivity contribution is 5.84. The highest BCUT2D eigenvalue weighted by atomic mass is 16.4. The Balaban J connectivity index is 1.77. The SMILES string of the molecule is Cc1nccc(-c2cc3ccc(N4CCNCC4)cc3oc2=O)n1. The third kappa shape index (κ3) is 2.76. The summed E-state index contributed by atoms with van der Waals surface area (Å²) in [5, 5.41) is 4.22. The molecule has 0 amide bonds. The van der Waals surface area contributed by atoms with Crippen molar-refractivity contribution < 1.29 is 4.42 Å². The lowest BCUT2D eigenvalue weighted by Gasteiger charge is -2.29. The van der Waals surface area contributed by atoms with Crippen molar-refractivity contribution in [1.29, 1.82) is 0 Å². The molecule has 0 atom stereocenters. The molecule has 24 heavy (non-hydrogen) atoms. The van der Waals surface area contributed by atoms with E-state index in [1.807, 2.05) is 18.2 Å². The number of aromatic nitrogens is 2. The Bertz CT molecular complexity index is 945. The molecule has 3 heterocycles. The van der Waals surface area contributed by atoms with Gasteiger partial charge in [-0.1, -0.05) is 0 Å². The lowest BCUT2D eigenvalue weighted by molar-refractivity contribution is 0.561. The number of fused-ring (bicyclic) bond motifs is 1. The number of nitrogens with one attached hydrogen (secondary N) is 1. The van der Waals surface area contributed by atoms with Crippen LogP contribution in [0.25, 0.3) is 22.2 Å². The Hall–Kier alpha value is -2.73. The number of benzene rings is 1. The predicted octanol–water partition coefficient (Wildman–Crippen LogP) is 1.97. The first kappa shape index (κ1) is 14.8. The average Bonchev–Trinajstić information content (AvgIpc) is 2.61. The van der Waals surface area contributed by atoms with E-state index in [0.717, 1.165) is 37.3 Å². The Labute approximate surface area is 139 Å². The first-order chi connectivity index (χ1) is 11.7. The Morgan fingerprint density at radius 3 is 2.79 bits per heavy atom. The van der Waals surface area contributed by atoms with Crippen molar-refractivity contribution in [2.45, 2.75) is 6.92 Å². The summed E-state index contributed by atoms with van der Waals surface area (Å²) in [6.07, 6.45) is 1.65. The molecule has 1 aliphatic rings. The van der Waals surface area contributed by atoms with Crippen molar-refractivity contribution in [3.05, 3.63) is 52.8 Å². The third-order valence-electron chi connectivity index (χ3n) is 4.25. The molecule has 6 nitrogen and oxygen atoms in total. The van der Waals surface area contributed by atoms with Crippen LogP contribution in [-0.2, 0) is 0 Å². The van der Waals surface area contributed by atoms with E-state index in [-0.39, 0.29) is 5.63 Å². The minimum atomic E-state index is -0.377. The Morgan fingerprint density at radius 2 is 2.00 bits per heavy atom. The maximum Gasteiger partial charge on any atom is 0.345 e. The van der Waals surface area contributed by atoms with E-state index in [1.54, 1.807) is 19.2 Å². The third-order valence-corrected chi connectivity index (χ3v) is 4.25. The van der Waals surface area contributed by atoms with E-state index in [9.17, 15) is 4.79 Å². The molecule has 3 aromatic rings. The molecule has 1 saturated heterocycles. The molecule has 1 aromatic carbocycles. The van der Waals surface area contributed by atoms with Crippen LogP contribution in [0.1, 0.15) is 5.82 Å². The first-order valence-corrected chi connectivity index (χ1v) is 8.04. The van der Waals surface area contributed by atoms with Gasteiger partial charge >= 0.3 is 5.63 Å². The van der Waals surface area contributed by atoms with Crippen molar-refractivity contribution in [3.63, 3.8) is 0 Å². The van der Waals surface area contributed by atoms with Crippen LogP contribution in [0, 0.1) is 6.92 Å². The molecule has 1 fully saturated rings. The van der Waals surface area contributed by atoms with Crippen molar-refractivity contribution in [3.8, 4) is 11.3 Å². The van der Waals surface area contributed by atoms with Gasteiger partial charge < -0.3 is 14.6 Å². The molecule has 122 valence electrons. The van der Waals surface area contributed by atoms with Gasteiger partial charge in [0.2, 0.25) is 0 Å². The fourth-order valence-electron chi connectivity index (χ4n) is 3.00. The number of piperazine rings is 1. The number of anilines is 1. The normalized spacial score (nSPS) is 15.0. The molecule has 1 N–H and O–H groups in total. The lowest BCUT2D eigenvalue weighted by atomic mass is 10.1. The van der Waals surface area contributed by atoms with Gasteiger partial charge in [-0.25, -0.2) is 14.8 Å². The highest BCUT2D eigenvalue weighted by Crippen LogP contribution is 2.24. The van der Waals surface area contributed by atoms with Crippen LogP contribution >= 0.6 is 0 Å². The molecule has 0 spiro atoms. The lowest BCUT2D eigenvalue weighted by Crippen LogP contribution is -2.43. The van der Waals surface area contributed by atoms with Crippen molar-refractivity contribution in [1.82, 2.24) is 15.3 Å². The summed E-state index contributed by atoms with van der Waals surface area (Å²) >= 11 is 0. The number of hydrogen-bond donors (Lipinski definition) is 1. The van der Waals surface area contributed by atoms with E-state index in [2.05, 4.69) is 26.3 Å². The van der Waals surface area contributed by atoms with Crippen LogP contribution in [-0.4, -0.2) is 36.1 Å². The van der Waals surface area contributed by atoms with Gasteiger partial charge in [-0.05, 0) is 31.2 Å². The number of nitrogens with zero attached hydrogens (tertiary/aromatic N) is 3. The summed E-state index contributed by atoms with van der Waals surface area (Å²) in [5.74, 6) is 0.626. The minimum absolute atomic E-state index is 0.377. The number of hydrogen-bond acceptors (Lipinski definition) is 6. The number of aryl methyl sites for hydroxylation is 1. The molecular weight excluding hydrogens is 304 g/mol. The summed E-state index contributed by atoms with van der Waals surface area (Å²) in [5.41, 5.74) is 2.36. The number of rotatable bonds is 2. The molecule has 0 bridgehead atoms. The summed E-state index contributed by atoms with van der Waals surface area (Å²) in [7, 11) is 0. The second-order valence-electron chi connectivity index (χ2n) is 5.90. The molecule has 1 aliphatic heterocycles. The summed E-state index contributed by atoms with van der Waals surface area (Å²) in [6, 6.07) is 9.57. The van der Waals surface area contributed by atoms with Gasteiger partial charge in [0.25, 0.3) is 0 Å². The fourth-order valence-corrected chi connectivity index (χ4v) is 3.00. The highest BCUT2D eigenvalue weighted by Gasteiger charge is 2.13. The molecule has 0 radical (unpaired) electrons. The van der Waals surface area contributed by atoms with E-state index >= 15 is 0 Å². The first-order valence-electron chi connectivity index (χ1n) is 8.04. The zero-order chi connectivity index (χ0) is 16.5. The summed E-state index contributed by atoms with van der Waals surface area (Å²) in [4.78, 5) is 23.1. The van der Waals surface area contributed by atoms with Gasteiger partial charge in [-0.15, -0.1) is 0 Å². The Morgan fingerprint density at radius 1 is 1.17 bits per heavy atom. The van der Waals surface area contributed by atoms with Crippen molar-refractivity contribution >= 4 is 16.7 Å². The second kappa shape index (κ2) is 6.05. The molecule has 6 heteroatoms. The Kier molecular flexibility index (Phi) is 3.74.